The summed E-state index contributed by atoms with van der Waals surface area (Å²) in [6.45, 7) is 0.962. The Kier molecular flexibility index (Phi) is 5.89. The minimum atomic E-state index is 0. The van der Waals surface area contributed by atoms with Crippen LogP contribution in [0.1, 0.15) is 5.56 Å². The number of pyridine rings is 2. The molecule has 4 rings (SSSR count). The van der Waals surface area contributed by atoms with Gasteiger partial charge < -0.3 is 4.90 Å². The molecular weight excluding hydrogens is 385 g/mol. The molecule has 3 nitrogen and oxygen atoms in total. The second kappa shape index (κ2) is 7.89. The van der Waals surface area contributed by atoms with Crippen molar-refractivity contribution in [1.29, 1.82) is 0 Å². The monoisotopic (exact) mass is 403 g/mol. The molecule has 22 heavy (non-hydrogen) atoms. The van der Waals surface area contributed by atoms with Gasteiger partial charge in [0.2, 0.25) is 0 Å². The van der Waals surface area contributed by atoms with Gasteiger partial charge in [-0.15, -0.1) is 24.0 Å². The Bertz CT molecular complexity index is 705. The SMILES string of the molecule is CN1CC=Cc2cccnc21.I.c1ccc2ncccc2c1. The molecule has 112 valence electrons. The van der Waals surface area contributed by atoms with Crippen molar-refractivity contribution >= 4 is 46.8 Å². The van der Waals surface area contributed by atoms with Gasteiger partial charge in [-0.25, -0.2) is 4.98 Å². The standard InChI is InChI=1S/C9H10N2.C9H7N.HI/c1-11-7-3-5-8-4-2-6-10-9(8)11;1-2-6-9-8(4-1)5-3-7-10-9;/h2-6H,7H2,1H3;1-7H;1H. The second-order valence-electron chi connectivity index (χ2n) is 4.90. The maximum absolute atomic E-state index is 4.27. The first kappa shape index (κ1) is 16.4. The Labute approximate surface area is 147 Å². The lowest BCUT2D eigenvalue weighted by Crippen LogP contribution is -2.21. The van der Waals surface area contributed by atoms with Crippen LogP contribution < -0.4 is 4.90 Å². The maximum Gasteiger partial charge on any atom is 0.135 e. The molecule has 0 bridgehead atoms. The fourth-order valence-corrected chi connectivity index (χ4v) is 2.30. The van der Waals surface area contributed by atoms with Gasteiger partial charge in [-0.2, -0.15) is 0 Å². The first-order valence-electron chi connectivity index (χ1n) is 6.97. The van der Waals surface area contributed by atoms with E-state index in [0.717, 1.165) is 17.9 Å². The van der Waals surface area contributed by atoms with E-state index in [1.165, 1.54) is 10.9 Å². The zero-order valence-electron chi connectivity index (χ0n) is 12.4. The molecule has 1 aromatic carbocycles. The van der Waals surface area contributed by atoms with E-state index in [2.05, 4.69) is 52.3 Å². The lowest BCUT2D eigenvalue weighted by molar-refractivity contribution is 0.977. The summed E-state index contributed by atoms with van der Waals surface area (Å²) in [6.07, 6.45) is 7.89. The number of likely N-dealkylation sites (N-methyl/N-ethyl adjacent to an activating group) is 1. The molecule has 0 saturated heterocycles. The Morgan fingerprint density at radius 2 is 1.64 bits per heavy atom. The van der Waals surface area contributed by atoms with Gasteiger partial charge in [0.1, 0.15) is 5.82 Å². The van der Waals surface area contributed by atoms with Gasteiger partial charge in [0.25, 0.3) is 0 Å². The molecule has 1 aliphatic heterocycles. The van der Waals surface area contributed by atoms with Gasteiger partial charge in [-0.05, 0) is 24.3 Å². The van der Waals surface area contributed by atoms with Crippen LogP contribution in [0, 0.1) is 0 Å². The molecule has 0 unspecified atom stereocenters. The number of fused-ring (bicyclic) bond motifs is 2. The van der Waals surface area contributed by atoms with Gasteiger partial charge in [0, 0.05) is 36.9 Å². The van der Waals surface area contributed by atoms with Gasteiger partial charge >= 0.3 is 0 Å². The zero-order chi connectivity index (χ0) is 14.5. The van der Waals surface area contributed by atoms with E-state index in [1.807, 2.05) is 42.7 Å². The second-order valence-corrected chi connectivity index (χ2v) is 4.90. The van der Waals surface area contributed by atoms with Crippen LogP contribution in [-0.4, -0.2) is 23.6 Å². The highest BCUT2D eigenvalue weighted by molar-refractivity contribution is 14.0. The molecule has 0 radical (unpaired) electrons. The van der Waals surface area contributed by atoms with Crippen molar-refractivity contribution in [2.45, 2.75) is 0 Å². The van der Waals surface area contributed by atoms with Crippen LogP contribution >= 0.6 is 24.0 Å². The molecule has 0 saturated carbocycles. The molecule has 0 atom stereocenters. The summed E-state index contributed by atoms with van der Waals surface area (Å²) in [6, 6.07) is 16.1. The third-order valence-electron chi connectivity index (χ3n) is 3.37. The minimum absolute atomic E-state index is 0. The number of para-hydroxylation sites is 1. The fraction of sp³-hybridized carbons (Fsp3) is 0.111. The number of aromatic nitrogens is 2. The number of hydrogen-bond acceptors (Lipinski definition) is 3. The van der Waals surface area contributed by atoms with Crippen LogP contribution in [-0.2, 0) is 0 Å². The quantitative estimate of drug-likeness (QED) is 0.521. The van der Waals surface area contributed by atoms with E-state index in [9.17, 15) is 0 Å². The molecule has 1 aliphatic rings. The highest BCUT2D eigenvalue weighted by Gasteiger charge is 2.07. The van der Waals surface area contributed by atoms with Crippen molar-refractivity contribution in [3.8, 4) is 0 Å². The Morgan fingerprint density at radius 1 is 0.909 bits per heavy atom. The molecule has 3 heterocycles. The summed E-state index contributed by atoms with van der Waals surface area (Å²) < 4.78 is 0. The van der Waals surface area contributed by atoms with Crippen LogP contribution in [0.5, 0.6) is 0 Å². The Morgan fingerprint density at radius 3 is 2.45 bits per heavy atom. The third-order valence-corrected chi connectivity index (χ3v) is 3.37. The molecule has 2 aromatic heterocycles. The summed E-state index contributed by atoms with van der Waals surface area (Å²) in [7, 11) is 2.05. The normalized spacial score (nSPS) is 12.0. The lowest BCUT2D eigenvalue weighted by Gasteiger charge is -2.21. The van der Waals surface area contributed by atoms with Crippen molar-refractivity contribution in [3.63, 3.8) is 0 Å². The number of halogens is 1. The molecule has 0 fully saturated rings. The van der Waals surface area contributed by atoms with Gasteiger partial charge in [0.05, 0.1) is 5.52 Å². The average molecular weight is 403 g/mol. The fourth-order valence-electron chi connectivity index (χ4n) is 2.30. The van der Waals surface area contributed by atoms with Crippen LogP contribution in [0.15, 0.2) is 67.0 Å². The van der Waals surface area contributed by atoms with Crippen LogP contribution in [0.3, 0.4) is 0 Å². The van der Waals surface area contributed by atoms with E-state index < -0.39 is 0 Å². The Balaban J connectivity index is 0.000000154. The first-order chi connectivity index (χ1) is 10.3. The van der Waals surface area contributed by atoms with E-state index in [4.69, 9.17) is 0 Å². The van der Waals surface area contributed by atoms with Crippen molar-refractivity contribution < 1.29 is 0 Å². The van der Waals surface area contributed by atoms with Crippen LogP contribution in [0.2, 0.25) is 0 Å². The van der Waals surface area contributed by atoms with Gasteiger partial charge in [-0.3, -0.25) is 4.98 Å². The number of rotatable bonds is 0. The number of nitrogens with zero attached hydrogens (tertiary/aromatic N) is 3. The van der Waals surface area contributed by atoms with Crippen molar-refractivity contribution in [3.05, 3.63) is 72.6 Å². The number of benzene rings is 1. The largest absolute Gasteiger partial charge is 0.355 e. The van der Waals surface area contributed by atoms with E-state index in [-0.39, 0.29) is 24.0 Å². The van der Waals surface area contributed by atoms with Crippen LogP contribution in [0.25, 0.3) is 17.0 Å². The highest BCUT2D eigenvalue weighted by atomic mass is 127. The first-order valence-corrected chi connectivity index (χ1v) is 6.97. The Hall–Kier alpha value is -1.95. The highest BCUT2D eigenvalue weighted by Crippen LogP contribution is 2.20. The molecule has 0 spiro atoms. The molecule has 0 amide bonds. The predicted octanol–water partition coefficient (Wildman–Crippen LogP) is 4.40. The molecular formula is C18H18IN3. The minimum Gasteiger partial charge on any atom is -0.355 e. The zero-order valence-corrected chi connectivity index (χ0v) is 14.7. The molecule has 4 heteroatoms. The summed E-state index contributed by atoms with van der Waals surface area (Å²) in [5.41, 5.74) is 2.27. The summed E-state index contributed by atoms with van der Waals surface area (Å²) in [5, 5.41) is 1.20. The van der Waals surface area contributed by atoms with E-state index in [0.29, 0.717) is 0 Å². The van der Waals surface area contributed by atoms with E-state index in [1.54, 1.807) is 0 Å². The molecule has 0 N–H and O–H groups in total. The average Bonchev–Trinajstić information content (AvgIpc) is 2.56. The number of hydrogen-bond donors (Lipinski definition) is 0. The van der Waals surface area contributed by atoms with Crippen molar-refractivity contribution in [2.24, 2.45) is 0 Å². The van der Waals surface area contributed by atoms with Gasteiger partial charge in [-0.1, -0.05) is 36.4 Å². The van der Waals surface area contributed by atoms with Crippen LogP contribution in [0.4, 0.5) is 5.82 Å². The smallest absolute Gasteiger partial charge is 0.135 e. The third kappa shape index (κ3) is 3.82. The topological polar surface area (TPSA) is 29.0 Å². The summed E-state index contributed by atoms with van der Waals surface area (Å²) in [4.78, 5) is 10.6. The lowest BCUT2D eigenvalue weighted by atomic mass is 10.2. The molecule has 3 aromatic rings. The van der Waals surface area contributed by atoms with Crippen molar-refractivity contribution in [1.82, 2.24) is 9.97 Å². The maximum atomic E-state index is 4.27. The number of anilines is 1. The van der Waals surface area contributed by atoms with Crippen molar-refractivity contribution in [2.75, 3.05) is 18.5 Å². The van der Waals surface area contributed by atoms with E-state index >= 15 is 0 Å². The summed E-state index contributed by atoms with van der Waals surface area (Å²) in [5.74, 6) is 1.08. The predicted molar refractivity (Wildman–Crippen MR) is 104 cm³/mol. The molecule has 0 aliphatic carbocycles. The summed E-state index contributed by atoms with van der Waals surface area (Å²) >= 11 is 0. The van der Waals surface area contributed by atoms with Gasteiger partial charge in [0.15, 0.2) is 0 Å².